The monoisotopic (exact) mass is 226 g/mol. The Labute approximate surface area is 94.2 Å². The van der Waals surface area contributed by atoms with Crippen molar-refractivity contribution in [1.29, 1.82) is 0 Å². The molecule has 0 spiro atoms. The van der Waals surface area contributed by atoms with Gasteiger partial charge in [0.05, 0.1) is 0 Å². The molecule has 1 heterocycles. The van der Waals surface area contributed by atoms with Gasteiger partial charge >= 0.3 is 0 Å². The molecule has 0 saturated heterocycles. The van der Waals surface area contributed by atoms with E-state index in [-0.39, 0.29) is 16.2 Å². The van der Waals surface area contributed by atoms with Gasteiger partial charge in [0, 0.05) is 10.8 Å². The zero-order valence-electron chi connectivity index (χ0n) is 8.57. The Hall–Kier alpha value is -2.63. The molecule has 6 heteroatoms. The van der Waals surface area contributed by atoms with Crippen LogP contribution in [0.15, 0.2) is 51.6 Å². The first-order valence-electron chi connectivity index (χ1n) is 4.89. The fourth-order valence-corrected chi connectivity index (χ4v) is 1.69. The minimum Gasteiger partial charge on any atom is -0.287 e. The third-order valence-electron chi connectivity index (χ3n) is 2.47. The third-order valence-corrected chi connectivity index (χ3v) is 2.47. The topological polar surface area (TPSA) is 77.2 Å². The van der Waals surface area contributed by atoms with Gasteiger partial charge < -0.3 is 0 Å². The van der Waals surface area contributed by atoms with E-state index in [0.717, 1.165) is 0 Å². The molecule has 0 saturated carbocycles. The van der Waals surface area contributed by atoms with Crippen LogP contribution < -0.4 is 16.2 Å². The van der Waals surface area contributed by atoms with Crippen molar-refractivity contribution in [3.05, 3.63) is 62.7 Å². The van der Waals surface area contributed by atoms with Gasteiger partial charge in [-0.15, -0.1) is 10.2 Å². The molecular weight excluding hydrogens is 220 g/mol. The summed E-state index contributed by atoms with van der Waals surface area (Å²) in [7, 11) is 0. The van der Waals surface area contributed by atoms with Gasteiger partial charge in [0.2, 0.25) is 10.9 Å². The third kappa shape index (κ3) is 1.38. The minimum atomic E-state index is -0.362. The summed E-state index contributed by atoms with van der Waals surface area (Å²) in [6, 6.07) is 6.66. The van der Waals surface area contributed by atoms with Crippen LogP contribution in [0, 0.1) is 0 Å². The van der Waals surface area contributed by atoms with Gasteiger partial charge in [0.15, 0.2) is 5.36 Å². The summed E-state index contributed by atoms with van der Waals surface area (Å²) in [4.78, 5) is 23.9. The van der Waals surface area contributed by atoms with Gasteiger partial charge in [-0.25, -0.2) is 4.68 Å². The number of rotatable bonds is 1. The van der Waals surface area contributed by atoms with Crippen LogP contribution in [-0.4, -0.2) is 14.9 Å². The van der Waals surface area contributed by atoms with Crippen LogP contribution in [0.1, 0.15) is 0 Å². The highest BCUT2D eigenvalue weighted by Crippen LogP contribution is 2.01. The summed E-state index contributed by atoms with van der Waals surface area (Å²) >= 11 is 0. The fraction of sp³-hybridized carbons (Fsp3) is 0. The van der Waals surface area contributed by atoms with Crippen LogP contribution in [0.4, 0.5) is 0 Å². The van der Waals surface area contributed by atoms with E-state index < -0.39 is 0 Å². The average molecular weight is 226 g/mol. The van der Waals surface area contributed by atoms with Crippen molar-refractivity contribution < 1.29 is 0 Å². The molecule has 3 aromatic rings. The van der Waals surface area contributed by atoms with Crippen LogP contribution in [0.25, 0.3) is 10.8 Å². The van der Waals surface area contributed by atoms with Crippen molar-refractivity contribution in [2.24, 2.45) is 5.10 Å². The predicted molar refractivity (Wildman–Crippen MR) is 59.8 cm³/mol. The molecule has 0 N–H and O–H groups in total. The Morgan fingerprint density at radius 1 is 0.941 bits per heavy atom. The van der Waals surface area contributed by atoms with Crippen LogP contribution in [0.5, 0.6) is 0 Å². The first-order chi connectivity index (χ1) is 8.27. The van der Waals surface area contributed by atoms with Crippen molar-refractivity contribution in [3.63, 3.8) is 0 Å². The summed E-state index contributed by atoms with van der Waals surface area (Å²) < 4.78 is 1.23. The van der Waals surface area contributed by atoms with E-state index in [1.165, 1.54) is 17.3 Å². The quantitative estimate of drug-likeness (QED) is 0.554. The van der Waals surface area contributed by atoms with Gasteiger partial charge in [-0.1, -0.05) is 24.3 Å². The largest absolute Gasteiger partial charge is 0.287 e. The molecule has 0 radical (unpaired) electrons. The van der Waals surface area contributed by atoms with Crippen molar-refractivity contribution in [2.45, 2.75) is 0 Å². The maximum absolute atomic E-state index is 11.9. The van der Waals surface area contributed by atoms with Gasteiger partial charge in [0.25, 0.3) is 0 Å². The van der Waals surface area contributed by atoms with E-state index in [0.29, 0.717) is 10.8 Å². The number of benzene rings is 1. The Morgan fingerprint density at radius 3 is 2.00 bits per heavy atom. The van der Waals surface area contributed by atoms with E-state index in [2.05, 4.69) is 15.3 Å². The summed E-state index contributed by atoms with van der Waals surface area (Å²) in [6.07, 6.45) is 2.63. The predicted octanol–water partition coefficient (Wildman–Crippen LogP) is -0.609. The van der Waals surface area contributed by atoms with Gasteiger partial charge in [-0.2, -0.15) is 5.10 Å². The van der Waals surface area contributed by atoms with Crippen LogP contribution in [0.2, 0.25) is 0 Å². The first kappa shape index (κ1) is 9.59. The van der Waals surface area contributed by atoms with Crippen LogP contribution in [-0.2, 0) is 0 Å². The average Bonchev–Trinajstić information content (AvgIpc) is 2.94. The fourth-order valence-electron chi connectivity index (χ4n) is 1.69. The summed E-state index contributed by atoms with van der Waals surface area (Å²) in [6.45, 7) is 0. The molecule has 17 heavy (non-hydrogen) atoms. The molecule has 0 unspecified atom stereocenters. The second kappa shape index (κ2) is 3.44. The molecule has 0 aliphatic carbocycles. The lowest BCUT2D eigenvalue weighted by Crippen LogP contribution is -2.32. The van der Waals surface area contributed by atoms with Crippen molar-refractivity contribution in [1.82, 2.24) is 14.9 Å². The lowest BCUT2D eigenvalue weighted by Gasteiger charge is -1.82. The lowest BCUT2D eigenvalue weighted by atomic mass is 10.2. The Bertz CT molecular complexity index is 777. The summed E-state index contributed by atoms with van der Waals surface area (Å²) in [5, 5.41) is 11.7. The van der Waals surface area contributed by atoms with Gasteiger partial charge in [0.1, 0.15) is 12.7 Å². The normalized spacial score (nSPS) is 10.8. The smallest absolute Gasteiger partial charge is 0.217 e. The van der Waals surface area contributed by atoms with Crippen LogP contribution in [0.3, 0.4) is 0 Å². The zero-order valence-corrected chi connectivity index (χ0v) is 8.57. The number of hydrogen-bond acceptors (Lipinski definition) is 5. The number of aromatic nitrogens is 3. The maximum Gasteiger partial charge on any atom is 0.217 e. The van der Waals surface area contributed by atoms with Crippen molar-refractivity contribution in [2.75, 3.05) is 0 Å². The Balaban J connectivity index is 2.47. The minimum absolute atomic E-state index is 0.106. The van der Waals surface area contributed by atoms with Gasteiger partial charge in [-0.3, -0.25) is 9.59 Å². The summed E-state index contributed by atoms with van der Waals surface area (Å²) in [5.74, 6) is 0. The first-order valence-corrected chi connectivity index (χ1v) is 4.89. The zero-order chi connectivity index (χ0) is 11.8. The Kier molecular flexibility index (Phi) is 1.94. The molecule has 0 bridgehead atoms. The Morgan fingerprint density at radius 2 is 1.47 bits per heavy atom. The molecular formula is C11H6N4O2. The van der Waals surface area contributed by atoms with Crippen LogP contribution >= 0.6 is 0 Å². The van der Waals surface area contributed by atoms with E-state index in [4.69, 9.17) is 0 Å². The summed E-state index contributed by atoms with van der Waals surface area (Å²) in [5.41, 5.74) is -0.724. The molecule has 0 aliphatic rings. The second-order valence-corrected chi connectivity index (χ2v) is 3.49. The SMILES string of the molecule is O=c1c(=Nn2cnnc2)c(=O)c2ccccc12. The molecule has 0 amide bonds. The molecule has 0 fully saturated rings. The molecule has 1 aromatic heterocycles. The lowest BCUT2D eigenvalue weighted by molar-refractivity contribution is 0.828. The number of hydrogen-bond donors (Lipinski definition) is 0. The molecule has 6 nitrogen and oxygen atoms in total. The molecule has 0 aliphatic heterocycles. The van der Waals surface area contributed by atoms with Crippen molar-refractivity contribution >= 4 is 10.8 Å². The molecule has 3 rings (SSSR count). The van der Waals surface area contributed by atoms with E-state index in [9.17, 15) is 9.59 Å². The standard InChI is InChI=1S/C11H6N4O2/c16-10-7-3-1-2-4-8(7)11(17)9(10)14-15-5-12-13-6-15/h1-6H. The van der Waals surface area contributed by atoms with E-state index >= 15 is 0 Å². The van der Waals surface area contributed by atoms with E-state index in [1.807, 2.05) is 0 Å². The molecule has 82 valence electrons. The van der Waals surface area contributed by atoms with Gasteiger partial charge in [-0.05, 0) is 0 Å². The highest BCUT2D eigenvalue weighted by atomic mass is 16.1. The second-order valence-electron chi connectivity index (χ2n) is 3.49. The maximum atomic E-state index is 11.9. The highest BCUT2D eigenvalue weighted by Gasteiger charge is 2.09. The highest BCUT2D eigenvalue weighted by molar-refractivity contribution is 5.83. The molecule has 2 aromatic carbocycles. The number of fused-ring (bicyclic) bond motifs is 1. The van der Waals surface area contributed by atoms with Crippen molar-refractivity contribution in [3.8, 4) is 0 Å². The van der Waals surface area contributed by atoms with E-state index in [1.54, 1.807) is 24.3 Å². The molecule has 0 atom stereocenters. The number of nitrogens with zero attached hydrogens (tertiary/aromatic N) is 4.